The Morgan fingerprint density at radius 3 is 3.00 bits per heavy atom. The van der Waals surface area contributed by atoms with Crippen molar-refractivity contribution in [3.63, 3.8) is 0 Å². The van der Waals surface area contributed by atoms with Gasteiger partial charge in [-0.25, -0.2) is 0 Å². The molecule has 0 bridgehead atoms. The molecule has 1 N–H and O–H groups in total. The number of aromatic nitrogens is 1. The second kappa shape index (κ2) is 3.30. The van der Waals surface area contributed by atoms with Gasteiger partial charge in [0.1, 0.15) is 5.75 Å². The number of halogens is 1. The summed E-state index contributed by atoms with van der Waals surface area (Å²) in [4.78, 5) is 3.11. The molecular weight excluding hydrogens is 186 g/mol. The highest BCUT2D eigenvalue weighted by Gasteiger charge is 2.04. The number of rotatable bonds is 2. The lowest BCUT2D eigenvalue weighted by Gasteiger charge is -2.08. The van der Waals surface area contributed by atoms with Crippen LogP contribution < -0.4 is 4.74 Å². The maximum absolute atomic E-state index is 5.75. The SMILES string of the molecule is CC(Cl)Oc1cccc2[nH]ccc12. The fourth-order valence-electron chi connectivity index (χ4n) is 1.33. The van der Waals surface area contributed by atoms with Gasteiger partial charge in [-0.3, -0.25) is 0 Å². The minimum absolute atomic E-state index is 0.305. The number of benzene rings is 1. The second-order valence-corrected chi connectivity index (χ2v) is 3.47. The highest BCUT2D eigenvalue weighted by molar-refractivity contribution is 6.19. The van der Waals surface area contributed by atoms with Crippen molar-refractivity contribution in [3.8, 4) is 5.75 Å². The van der Waals surface area contributed by atoms with E-state index in [-0.39, 0.29) is 5.56 Å². The molecule has 13 heavy (non-hydrogen) atoms. The summed E-state index contributed by atoms with van der Waals surface area (Å²) in [7, 11) is 0. The molecule has 0 aliphatic carbocycles. The number of alkyl halides is 1. The quantitative estimate of drug-likeness (QED) is 0.732. The highest BCUT2D eigenvalue weighted by Crippen LogP contribution is 2.25. The molecule has 68 valence electrons. The third kappa shape index (κ3) is 1.63. The zero-order valence-electron chi connectivity index (χ0n) is 7.25. The Labute approximate surface area is 81.5 Å². The molecule has 0 amide bonds. The summed E-state index contributed by atoms with van der Waals surface area (Å²) >= 11 is 5.75. The van der Waals surface area contributed by atoms with Crippen LogP contribution >= 0.6 is 11.6 Å². The number of nitrogens with one attached hydrogen (secondary N) is 1. The van der Waals surface area contributed by atoms with E-state index in [9.17, 15) is 0 Å². The molecule has 1 aromatic heterocycles. The van der Waals surface area contributed by atoms with Crippen LogP contribution in [0.1, 0.15) is 6.92 Å². The standard InChI is InChI=1S/C10H10ClNO/c1-7(11)13-10-4-2-3-9-8(10)5-6-12-9/h2-7,12H,1H3. The van der Waals surface area contributed by atoms with Crippen LogP contribution in [0, 0.1) is 0 Å². The summed E-state index contributed by atoms with van der Waals surface area (Å²) in [6, 6.07) is 7.83. The van der Waals surface area contributed by atoms with Gasteiger partial charge in [0.15, 0.2) is 5.56 Å². The van der Waals surface area contributed by atoms with Crippen molar-refractivity contribution in [2.45, 2.75) is 12.5 Å². The zero-order valence-corrected chi connectivity index (χ0v) is 8.01. The normalized spacial score (nSPS) is 13.1. The smallest absolute Gasteiger partial charge is 0.169 e. The first kappa shape index (κ1) is 8.45. The number of hydrogen-bond acceptors (Lipinski definition) is 1. The molecular formula is C10H10ClNO. The Balaban J connectivity index is 2.48. The highest BCUT2D eigenvalue weighted by atomic mass is 35.5. The molecule has 0 radical (unpaired) electrons. The van der Waals surface area contributed by atoms with Crippen LogP contribution in [0.4, 0.5) is 0 Å². The van der Waals surface area contributed by atoms with E-state index in [1.807, 2.05) is 30.5 Å². The van der Waals surface area contributed by atoms with Crippen molar-refractivity contribution in [2.24, 2.45) is 0 Å². The number of aromatic amines is 1. The predicted molar refractivity (Wildman–Crippen MR) is 54.2 cm³/mol. The fraction of sp³-hybridized carbons (Fsp3) is 0.200. The van der Waals surface area contributed by atoms with Crippen LogP contribution in [0.2, 0.25) is 0 Å². The van der Waals surface area contributed by atoms with Gasteiger partial charge >= 0.3 is 0 Å². The summed E-state index contributed by atoms with van der Waals surface area (Å²) in [6.45, 7) is 1.80. The molecule has 2 nitrogen and oxygen atoms in total. The van der Waals surface area contributed by atoms with Crippen molar-refractivity contribution >= 4 is 22.5 Å². The average Bonchev–Trinajstić information content (AvgIpc) is 2.51. The van der Waals surface area contributed by atoms with E-state index in [4.69, 9.17) is 16.3 Å². The molecule has 0 fully saturated rings. The van der Waals surface area contributed by atoms with Gasteiger partial charge in [0, 0.05) is 17.1 Å². The molecule has 2 rings (SSSR count). The largest absolute Gasteiger partial charge is 0.474 e. The lowest BCUT2D eigenvalue weighted by atomic mass is 10.2. The van der Waals surface area contributed by atoms with Crippen LogP contribution in [-0.2, 0) is 0 Å². The van der Waals surface area contributed by atoms with Crippen molar-refractivity contribution in [1.82, 2.24) is 4.98 Å². The third-order valence-electron chi connectivity index (χ3n) is 1.84. The summed E-state index contributed by atoms with van der Waals surface area (Å²) < 4.78 is 5.43. The lowest BCUT2D eigenvalue weighted by molar-refractivity contribution is 0.305. The maximum atomic E-state index is 5.75. The van der Waals surface area contributed by atoms with Crippen LogP contribution in [0.5, 0.6) is 5.75 Å². The molecule has 1 aromatic carbocycles. The summed E-state index contributed by atoms with van der Waals surface area (Å²) in [5.74, 6) is 0.821. The zero-order chi connectivity index (χ0) is 9.26. The Morgan fingerprint density at radius 2 is 2.23 bits per heavy atom. The number of H-pyrrole nitrogens is 1. The van der Waals surface area contributed by atoms with Gasteiger partial charge in [0.05, 0.1) is 0 Å². The van der Waals surface area contributed by atoms with Gasteiger partial charge in [0.25, 0.3) is 0 Å². The molecule has 3 heteroatoms. The molecule has 0 saturated carbocycles. The summed E-state index contributed by atoms with van der Waals surface area (Å²) in [6.07, 6.45) is 1.89. The molecule has 2 aromatic rings. The number of ether oxygens (including phenoxy) is 1. The second-order valence-electron chi connectivity index (χ2n) is 2.86. The van der Waals surface area contributed by atoms with E-state index in [1.165, 1.54) is 0 Å². The molecule has 0 spiro atoms. The van der Waals surface area contributed by atoms with Crippen LogP contribution in [0.25, 0.3) is 10.9 Å². The molecule has 0 aliphatic heterocycles. The first-order valence-corrected chi connectivity index (χ1v) is 4.58. The molecule has 1 heterocycles. The van der Waals surface area contributed by atoms with Crippen molar-refractivity contribution < 1.29 is 4.74 Å². The Hall–Kier alpha value is -1.15. The minimum Gasteiger partial charge on any atom is -0.474 e. The van der Waals surface area contributed by atoms with E-state index in [2.05, 4.69) is 4.98 Å². The first-order valence-electron chi connectivity index (χ1n) is 4.14. The van der Waals surface area contributed by atoms with Gasteiger partial charge < -0.3 is 9.72 Å². The number of hydrogen-bond donors (Lipinski definition) is 1. The first-order chi connectivity index (χ1) is 6.27. The molecule has 0 aliphatic rings. The van der Waals surface area contributed by atoms with Crippen molar-refractivity contribution in [1.29, 1.82) is 0 Å². The number of fused-ring (bicyclic) bond motifs is 1. The average molecular weight is 196 g/mol. The van der Waals surface area contributed by atoms with Crippen LogP contribution in [0.15, 0.2) is 30.5 Å². The maximum Gasteiger partial charge on any atom is 0.169 e. The monoisotopic (exact) mass is 195 g/mol. The Kier molecular flexibility index (Phi) is 2.15. The van der Waals surface area contributed by atoms with E-state index in [0.29, 0.717) is 0 Å². The third-order valence-corrected chi connectivity index (χ3v) is 1.93. The topological polar surface area (TPSA) is 25.0 Å². The van der Waals surface area contributed by atoms with Crippen LogP contribution in [-0.4, -0.2) is 10.5 Å². The van der Waals surface area contributed by atoms with Gasteiger partial charge in [-0.1, -0.05) is 17.7 Å². The summed E-state index contributed by atoms with van der Waals surface area (Å²) in [5.41, 5.74) is 0.760. The van der Waals surface area contributed by atoms with E-state index in [0.717, 1.165) is 16.7 Å². The van der Waals surface area contributed by atoms with Gasteiger partial charge in [-0.2, -0.15) is 0 Å². The molecule has 0 saturated heterocycles. The molecule has 1 unspecified atom stereocenters. The van der Waals surface area contributed by atoms with E-state index in [1.54, 1.807) is 6.92 Å². The molecule has 1 atom stereocenters. The van der Waals surface area contributed by atoms with Crippen LogP contribution in [0.3, 0.4) is 0 Å². The Bertz CT molecular complexity index is 408. The van der Waals surface area contributed by atoms with Gasteiger partial charge in [-0.05, 0) is 25.1 Å². The fourth-order valence-corrected chi connectivity index (χ4v) is 1.43. The Morgan fingerprint density at radius 1 is 1.38 bits per heavy atom. The summed E-state index contributed by atoms with van der Waals surface area (Å²) in [5, 5.41) is 1.06. The lowest BCUT2D eigenvalue weighted by Crippen LogP contribution is -2.02. The van der Waals surface area contributed by atoms with Crippen molar-refractivity contribution in [3.05, 3.63) is 30.5 Å². The van der Waals surface area contributed by atoms with E-state index < -0.39 is 0 Å². The van der Waals surface area contributed by atoms with Crippen molar-refractivity contribution in [2.75, 3.05) is 0 Å². The van der Waals surface area contributed by atoms with Gasteiger partial charge in [-0.15, -0.1) is 0 Å². The van der Waals surface area contributed by atoms with E-state index >= 15 is 0 Å². The predicted octanol–water partition coefficient (Wildman–Crippen LogP) is 3.13. The minimum atomic E-state index is -0.305. The van der Waals surface area contributed by atoms with Gasteiger partial charge in [0.2, 0.25) is 0 Å².